The predicted molar refractivity (Wildman–Crippen MR) is 112 cm³/mol. The average Bonchev–Trinajstić information content (AvgIpc) is 2.65. The molecule has 160 valence electrons. The van der Waals surface area contributed by atoms with Crippen molar-refractivity contribution in [2.75, 3.05) is 25.0 Å². The molecule has 8 nitrogen and oxygen atoms in total. The third kappa shape index (κ3) is 7.38. The standard InChI is InChI=1S/C21H32N4O4/c1-14(19(27)24-17-7-5-16(6-8-17)18(22)26)25-11-9-15(10-12-25)13-23-20(28)29-21(2,3)4/h5-8,14-15H,9-13H2,1-4H3,(H2,22,26)(H,23,28)(H,24,27). The van der Waals surface area contributed by atoms with Crippen LogP contribution in [0.3, 0.4) is 0 Å². The Morgan fingerprint density at radius 3 is 2.28 bits per heavy atom. The number of nitrogens with zero attached hydrogens (tertiary/aromatic N) is 1. The van der Waals surface area contributed by atoms with Crippen molar-refractivity contribution < 1.29 is 19.1 Å². The van der Waals surface area contributed by atoms with Gasteiger partial charge in [-0.3, -0.25) is 14.5 Å². The summed E-state index contributed by atoms with van der Waals surface area (Å²) < 4.78 is 5.26. The van der Waals surface area contributed by atoms with Crippen LogP contribution < -0.4 is 16.4 Å². The molecule has 0 aromatic heterocycles. The highest BCUT2D eigenvalue weighted by molar-refractivity contribution is 5.96. The molecule has 2 rings (SSSR count). The van der Waals surface area contributed by atoms with Gasteiger partial charge in [-0.15, -0.1) is 0 Å². The number of nitrogens with two attached hydrogens (primary N) is 1. The van der Waals surface area contributed by atoms with Gasteiger partial charge in [-0.05, 0) is 83.8 Å². The highest BCUT2D eigenvalue weighted by atomic mass is 16.6. The second-order valence-corrected chi connectivity index (χ2v) is 8.47. The van der Waals surface area contributed by atoms with Crippen molar-refractivity contribution in [2.24, 2.45) is 11.7 Å². The van der Waals surface area contributed by atoms with E-state index >= 15 is 0 Å². The minimum Gasteiger partial charge on any atom is -0.444 e. The number of likely N-dealkylation sites (tertiary alicyclic amines) is 1. The van der Waals surface area contributed by atoms with Gasteiger partial charge in [0, 0.05) is 17.8 Å². The van der Waals surface area contributed by atoms with E-state index in [-0.39, 0.29) is 11.9 Å². The molecule has 8 heteroatoms. The van der Waals surface area contributed by atoms with Crippen LogP contribution in [-0.2, 0) is 9.53 Å². The largest absolute Gasteiger partial charge is 0.444 e. The Labute approximate surface area is 172 Å². The van der Waals surface area contributed by atoms with Gasteiger partial charge in [0.05, 0.1) is 6.04 Å². The predicted octanol–water partition coefficient (Wildman–Crippen LogP) is 2.35. The van der Waals surface area contributed by atoms with Gasteiger partial charge in [-0.25, -0.2) is 4.79 Å². The lowest BCUT2D eigenvalue weighted by atomic mass is 9.96. The average molecular weight is 405 g/mol. The highest BCUT2D eigenvalue weighted by Crippen LogP contribution is 2.19. The van der Waals surface area contributed by atoms with E-state index in [1.54, 1.807) is 24.3 Å². The molecule has 0 saturated carbocycles. The first-order valence-electron chi connectivity index (χ1n) is 9.97. The van der Waals surface area contributed by atoms with Gasteiger partial charge < -0.3 is 21.1 Å². The fourth-order valence-corrected chi connectivity index (χ4v) is 3.22. The topological polar surface area (TPSA) is 114 Å². The molecule has 1 aliphatic heterocycles. The highest BCUT2D eigenvalue weighted by Gasteiger charge is 2.27. The summed E-state index contributed by atoms with van der Waals surface area (Å²) in [4.78, 5) is 37.6. The Kier molecular flexibility index (Phi) is 7.61. The molecule has 1 aromatic rings. The van der Waals surface area contributed by atoms with Gasteiger partial charge in [0.1, 0.15) is 5.60 Å². The lowest BCUT2D eigenvalue weighted by molar-refractivity contribution is -0.121. The van der Waals surface area contributed by atoms with E-state index in [2.05, 4.69) is 15.5 Å². The third-order valence-electron chi connectivity index (χ3n) is 4.95. The smallest absolute Gasteiger partial charge is 0.407 e. The first-order valence-corrected chi connectivity index (χ1v) is 9.97. The molecule has 1 heterocycles. The van der Waals surface area contributed by atoms with E-state index in [4.69, 9.17) is 10.5 Å². The van der Waals surface area contributed by atoms with Gasteiger partial charge in [0.25, 0.3) is 0 Å². The maximum atomic E-state index is 12.5. The zero-order valence-corrected chi connectivity index (χ0v) is 17.7. The monoisotopic (exact) mass is 404 g/mol. The van der Waals surface area contributed by atoms with Crippen molar-refractivity contribution in [3.63, 3.8) is 0 Å². The van der Waals surface area contributed by atoms with Gasteiger partial charge >= 0.3 is 6.09 Å². The Morgan fingerprint density at radius 2 is 1.76 bits per heavy atom. The molecule has 1 aromatic carbocycles. The molecule has 3 amide bonds. The van der Waals surface area contributed by atoms with Crippen molar-refractivity contribution in [3.05, 3.63) is 29.8 Å². The summed E-state index contributed by atoms with van der Waals surface area (Å²) in [5.41, 5.74) is 5.75. The minimum absolute atomic E-state index is 0.0952. The van der Waals surface area contributed by atoms with Crippen molar-refractivity contribution >= 4 is 23.6 Å². The Hall–Kier alpha value is -2.61. The number of rotatable bonds is 6. The van der Waals surface area contributed by atoms with Crippen LogP contribution in [0, 0.1) is 5.92 Å². The van der Waals surface area contributed by atoms with Crippen LogP contribution in [0.25, 0.3) is 0 Å². The second-order valence-electron chi connectivity index (χ2n) is 8.47. The summed E-state index contributed by atoms with van der Waals surface area (Å²) in [6.07, 6.45) is 1.41. The number of benzene rings is 1. The van der Waals surface area contributed by atoms with Gasteiger partial charge in [0.2, 0.25) is 11.8 Å². The van der Waals surface area contributed by atoms with Crippen molar-refractivity contribution in [2.45, 2.75) is 52.2 Å². The molecule has 1 fully saturated rings. The minimum atomic E-state index is -0.504. The second kappa shape index (κ2) is 9.73. The van der Waals surface area contributed by atoms with Crippen LogP contribution >= 0.6 is 0 Å². The Morgan fingerprint density at radius 1 is 1.17 bits per heavy atom. The molecule has 1 unspecified atom stereocenters. The maximum absolute atomic E-state index is 12.5. The molecule has 0 bridgehead atoms. The number of hydrogen-bond donors (Lipinski definition) is 3. The number of hydrogen-bond acceptors (Lipinski definition) is 5. The number of amides is 3. The van der Waals surface area contributed by atoms with Gasteiger partial charge in [-0.1, -0.05) is 0 Å². The summed E-state index contributed by atoms with van der Waals surface area (Å²) in [6, 6.07) is 6.24. The molecule has 4 N–H and O–H groups in total. The zero-order valence-electron chi connectivity index (χ0n) is 17.7. The molecule has 0 spiro atoms. The van der Waals surface area contributed by atoms with Crippen LogP contribution in [0.5, 0.6) is 0 Å². The van der Waals surface area contributed by atoms with Gasteiger partial charge in [0.15, 0.2) is 0 Å². The summed E-state index contributed by atoms with van der Waals surface area (Å²) in [6.45, 7) is 9.55. The first kappa shape index (κ1) is 22.7. The Bertz CT molecular complexity index is 719. The third-order valence-corrected chi connectivity index (χ3v) is 4.95. The van der Waals surface area contributed by atoms with E-state index in [1.165, 1.54) is 0 Å². The molecular formula is C21H32N4O4. The van der Waals surface area contributed by atoms with E-state index in [0.29, 0.717) is 23.7 Å². The van der Waals surface area contributed by atoms with Gasteiger partial charge in [-0.2, -0.15) is 0 Å². The maximum Gasteiger partial charge on any atom is 0.407 e. The summed E-state index contributed by atoms with van der Waals surface area (Å²) in [5.74, 6) is -0.224. The number of ether oxygens (including phenoxy) is 1. The number of primary amides is 1. The normalized spacial score (nSPS) is 16.7. The van der Waals surface area contributed by atoms with Crippen molar-refractivity contribution in [1.29, 1.82) is 0 Å². The van der Waals surface area contributed by atoms with E-state index < -0.39 is 17.6 Å². The lowest BCUT2D eigenvalue weighted by Crippen LogP contribution is -2.47. The molecule has 0 aliphatic carbocycles. The SMILES string of the molecule is CC(C(=O)Nc1ccc(C(N)=O)cc1)N1CCC(CNC(=O)OC(C)(C)C)CC1. The number of nitrogens with one attached hydrogen (secondary N) is 2. The number of anilines is 1. The number of alkyl carbamates (subject to hydrolysis) is 1. The van der Waals surface area contributed by atoms with E-state index in [0.717, 1.165) is 25.9 Å². The fourth-order valence-electron chi connectivity index (χ4n) is 3.22. The molecule has 1 aliphatic rings. The number of carbonyl (C=O) groups is 3. The Balaban J connectivity index is 1.76. The molecule has 1 saturated heterocycles. The summed E-state index contributed by atoms with van der Waals surface area (Å²) >= 11 is 0. The van der Waals surface area contributed by atoms with Crippen LogP contribution in [0.2, 0.25) is 0 Å². The lowest BCUT2D eigenvalue weighted by Gasteiger charge is -2.35. The van der Waals surface area contributed by atoms with E-state index in [1.807, 2.05) is 27.7 Å². The number of piperidine rings is 1. The van der Waals surface area contributed by atoms with Crippen molar-refractivity contribution in [3.8, 4) is 0 Å². The van der Waals surface area contributed by atoms with Crippen LogP contribution in [0.1, 0.15) is 50.9 Å². The summed E-state index contributed by atoms with van der Waals surface area (Å²) in [5, 5.41) is 5.70. The zero-order chi connectivity index (χ0) is 21.6. The molecule has 1 atom stereocenters. The fraction of sp³-hybridized carbons (Fsp3) is 0.571. The molecule has 0 radical (unpaired) electrons. The van der Waals surface area contributed by atoms with Crippen LogP contribution in [0.4, 0.5) is 10.5 Å². The number of carbonyl (C=O) groups excluding carboxylic acids is 3. The quantitative estimate of drug-likeness (QED) is 0.673. The molecule has 29 heavy (non-hydrogen) atoms. The van der Waals surface area contributed by atoms with Crippen LogP contribution in [-0.4, -0.2) is 54.1 Å². The molecular weight excluding hydrogens is 372 g/mol. The van der Waals surface area contributed by atoms with Crippen molar-refractivity contribution in [1.82, 2.24) is 10.2 Å². The first-order chi connectivity index (χ1) is 13.5. The van der Waals surface area contributed by atoms with E-state index in [9.17, 15) is 14.4 Å². The summed E-state index contributed by atoms with van der Waals surface area (Å²) in [7, 11) is 0. The van der Waals surface area contributed by atoms with Crippen LogP contribution in [0.15, 0.2) is 24.3 Å².